The average molecular weight is 272 g/mol. The van der Waals surface area contributed by atoms with Crippen molar-refractivity contribution < 1.29 is 9.84 Å². The number of methoxy groups -OCH3 is 1. The van der Waals surface area contributed by atoms with Crippen LogP contribution < -0.4 is 10.5 Å². The topological polar surface area (TPSA) is 55.5 Å². The van der Waals surface area contributed by atoms with Crippen molar-refractivity contribution in [3.63, 3.8) is 0 Å². The first kappa shape index (κ1) is 10.8. The number of ether oxygens (including phenoxy) is 1. The molecule has 0 heterocycles. The lowest BCUT2D eigenvalue weighted by molar-refractivity contribution is 0.407. The average Bonchev–Trinajstić information content (AvgIpc) is 3.04. The Labute approximate surface area is 97.4 Å². The molecular weight excluding hydrogens is 258 g/mol. The molecule has 1 aliphatic carbocycles. The van der Waals surface area contributed by atoms with Gasteiger partial charge < -0.3 is 15.6 Å². The largest absolute Gasteiger partial charge is 0.506 e. The molecule has 0 unspecified atom stereocenters. The maximum Gasteiger partial charge on any atom is 0.134 e. The van der Waals surface area contributed by atoms with E-state index in [0.717, 1.165) is 18.4 Å². The van der Waals surface area contributed by atoms with Gasteiger partial charge in [0, 0.05) is 11.6 Å². The summed E-state index contributed by atoms with van der Waals surface area (Å²) in [4.78, 5) is 0. The molecule has 2 rings (SSSR count). The Balaban J connectivity index is 2.39. The lowest BCUT2D eigenvalue weighted by Crippen LogP contribution is -2.12. The van der Waals surface area contributed by atoms with Gasteiger partial charge in [-0.2, -0.15) is 0 Å². The molecule has 0 saturated heterocycles. The van der Waals surface area contributed by atoms with Gasteiger partial charge in [0.15, 0.2) is 0 Å². The molecule has 0 radical (unpaired) electrons. The Morgan fingerprint density at radius 2 is 2.20 bits per heavy atom. The van der Waals surface area contributed by atoms with Gasteiger partial charge in [0.2, 0.25) is 0 Å². The molecule has 1 atom stereocenters. The zero-order valence-corrected chi connectivity index (χ0v) is 10.1. The second-order valence-electron chi connectivity index (χ2n) is 3.91. The van der Waals surface area contributed by atoms with Crippen LogP contribution in [-0.2, 0) is 0 Å². The third-order valence-electron chi connectivity index (χ3n) is 2.79. The molecule has 1 aromatic rings. The Kier molecular flexibility index (Phi) is 2.89. The van der Waals surface area contributed by atoms with Crippen LogP contribution in [-0.4, -0.2) is 12.2 Å². The third kappa shape index (κ3) is 2.11. The van der Waals surface area contributed by atoms with Crippen LogP contribution in [0.5, 0.6) is 11.5 Å². The SMILES string of the molecule is COc1cc(Br)c(O)c([C@@H](N)C2CC2)c1. The zero-order valence-electron chi connectivity index (χ0n) is 8.53. The monoisotopic (exact) mass is 271 g/mol. The van der Waals surface area contributed by atoms with Gasteiger partial charge in [-0.05, 0) is 46.8 Å². The highest BCUT2D eigenvalue weighted by Gasteiger charge is 2.31. The van der Waals surface area contributed by atoms with E-state index in [4.69, 9.17) is 10.5 Å². The molecule has 82 valence electrons. The van der Waals surface area contributed by atoms with Crippen molar-refractivity contribution in [1.82, 2.24) is 0 Å². The molecule has 0 amide bonds. The predicted octanol–water partition coefficient (Wildman–Crippen LogP) is 2.57. The number of aromatic hydroxyl groups is 1. The summed E-state index contributed by atoms with van der Waals surface area (Å²) in [5.74, 6) is 1.45. The van der Waals surface area contributed by atoms with E-state index < -0.39 is 0 Å². The van der Waals surface area contributed by atoms with Crippen molar-refractivity contribution in [1.29, 1.82) is 0 Å². The molecule has 4 heteroatoms. The van der Waals surface area contributed by atoms with E-state index in [0.29, 0.717) is 16.1 Å². The molecule has 1 saturated carbocycles. The molecule has 0 bridgehead atoms. The van der Waals surface area contributed by atoms with Crippen molar-refractivity contribution >= 4 is 15.9 Å². The summed E-state index contributed by atoms with van der Waals surface area (Å²) in [7, 11) is 1.60. The Hall–Kier alpha value is -0.740. The fraction of sp³-hybridized carbons (Fsp3) is 0.455. The first-order chi connectivity index (χ1) is 7.13. The maximum atomic E-state index is 9.88. The fourth-order valence-corrected chi connectivity index (χ4v) is 2.13. The third-order valence-corrected chi connectivity index (χ3v) is 3.40. The van der Waals surface area contributed by atoms with Crippen molar-refractivity contribution in [2.75, 3.05) is 7.11 Å². The normalized spacial score (nSPS) is 17.5. The van der Waals surface area contributed by atoms with Gasteiger partial charge in [-0.3, -0.25) is 0 Å². The molecule has 1 fully saturated rings. The summed E-state index contributed by atoms with van der Waals surface area (Å²) in [6, 6.07) is 3.46. The molecule has 3 N–H and O–H groups in total. The number of benzene rings is 1. The number of halogens is 1. The van der Waals surface area contributed by atoms with Crippen LogP contribution in [0.4, 0.5) is 0 Å². The minimum absolute atomic E-state index is 0.0867. The minimum atomic E-state index is -0.0867. The van der Waals surface area contributed by atoms with E-state index in [1.165, 1.54) is 0 Å². The minimum Gasteiger partial charge on any atom is -0.506 e. The van der Waals surface area contributed by atoms with Gasteiger partial charge in [-0.15, -0.1) is 0 Å². The highest BCUT2D eigenvalue weighted by molar-refractivity contribution is 9.10. The second-order valence-corrected chi connectivity index (χ2v) is 4.76. The lowest BCUT2D eigenvalue weighted by atomic mass is 10.0. The van der Waals surface area contributed by atoms with E-state index in [2.05, 4.69) is 15.9 Å². The zero-order chi connectivity index (χ0) is 11.0. The van der Waals surface area contributed by atoms with Crippen molar-refractivity contribution in [3.8, 4) is 11.5 Å². The van der Waals surface area contributed by atoms with Gasteiger partial charge in [0.25, 0.3) is 0 Å². The van der Waals surface area contributed by atoms with E-state index in [1.807, 2.05) is 6.07 Å². The Morgan fingerprint density at radius 1 is 1.53 bits per heavy atom. The molecule has 0 spiro atoms. The van der Waals surface area contributed by atoms with Crippen LogP contribution in [0.3, 0.4) is 0 Å². The van der Waals surface area contributed by atoms with Gasteiger partial charge >= 0.3 is 0 Å². The van der Waals surface area contributed by atoms with Crippen molar-refractivity contribution in [2.24, 2.45) is 11.7 Å². The van der Waals surface area contributed by atoms with Crippen molar-refractivity contribution in [2.45, 2.75) is 18.9 Å². The van der Waals surface area contributed by atoms with E-state index in [-0.39, 0.29) is 11.8 Å². The molecule has 1 aromatic carbocycles. The van der Waals surface area contributed by atoms with Gasteiger partial charge in [0.05, 0.1) is 11.6 Å². The molecule has 3 nitrogen and oxygen atoms in total. The summed E-state index contributed by atoms with van der Waals surface area (Å²) >= 11 is 3.29. The second kappa shape index (κ2) is 4.02. The first-order valence-electron chi connectivity index (χ1n) is 4.95. The summed E-state index contributed by atoms with van der Waals surface area (Å²) in [6.07, 6.45) is 2.30. The quantitative estimate of drug-likeness (QED) is 0.889. The molecule has 0 aromatic heterocycles. The van der Waals surface area contributed by atoms with E-state index in [9.17, 15) is 5.11 Å². The number of phenols is 1. The van der Waals surface area contributed by atoms with Crippen LogP contribution in [0.15, 0.2) is 16.6 Å². The maximum absolute atomic E-state index is 9.88. The molecule has 1 aliphatic rings. The van der Waals surface area contributed by atoms with Gasteiger partial charge in [-0.1, -0.05) is 0 Å². The van der Waals surface area contributed by atoms with E-state index in [1.54, 1.807) is 13.2 Å². The molecular formula is C11H14BrNO2. The number of hydrogen-bond acceptors (Lipinski definition) is 3. The molecule has 15 heavy (non-hydrogen) atoms. The number of hydrogen-bond donors (Lipinski definition) is 2. The van der Waals surface area contributed by atoms with Gasteiger partial charge in [0.1, 0.15) is 11.5 Å². The number of rotatable bonds is 3. The summed E-state index contributed by atoms with van der Waals surface area (Å²) in [5, 5.41) is 9.88. The van der Waals surface area contributed by atoms with Crippen LogP contribution in [0, 0.1) is 5.92 Å². The molecule has 0 aliphatic heterocycles. The smallest absolute Gasteiger partial charge is 0.134 e. The van der Waals surface area contributed by atoms with Crippen molar-refractivity contribution in [3.05, 3.63) is 22.2 Å². The Morgan fingerprint density at radius 3 is 2.73 bits per heavy atom. The first-order valence-corrected chi connectivity index (χ1v) is 5.74. The highest BCUT2D eigenvalue weighted by Crippen LogP contribution is 2.44. The Bertz CT molecular complexity index is 377. The van der Waals surface area contributed by atoms with Crippen LogP contribution in [0.1, 0.15) is 24.4 Å². The summed E-state index contributed by atoms with van der Waals surface area (Å²) in [5.41, 5.74) is 6.82. The number of phenolic OH excluding ortho intramolecular Hbond substituents is 1. The van der Waals surface area contributed by atoms with Gasteiger partial charge in [-0.25, -0.2) is 0 Å². The van der Waals surface area contributed by atoms with Crippen LogP contribution >= 0.6 is 15.9 Å². The lowest BCUT2D eigenvalue weighted by Gasteiger charge is -2.15. The van der Waals surface area contributed by atoms with E-state index >= 15 is 0 Å². The fourth-order valence-electron chi connectivity index (χ4n) is 1.68. The predicted molar refractivity (Wildman–Crippen MR) is 62.0 cm³/mol. The summed E-state index contributed by atoms with van der Waals surface area (Å²) in [6.45, 7) is 0. The highest BCUT2D eigenvalue weighted by atomic mass is 79.9. The van der Waals surface area contributed by atoms with Crippen LogP contribution in [0.2, 0.25) is 0 Å². The standard InChI is InChI=1S/C11H14BrNO2/c1-15-7-4-8(10(13)6-2-3-6)11(14)9(12)5-7/h4-6,10,14H,2-3,13H2,1H3/t10-/m0/s1. The number of nitrogens with two attached hydrogens (primary N) is 1. The van der Waals surface area contributed by atoms with Crippen LogP contribution in [0.25, 0.3) is 0 Å². The summed E-state index contributed by atoms with van der Waals surface area (Å²) < 4.78 is 5.78.